The molecule has 0 aromatic heterocycles. The van der Waals surface area contributed by atoms with Crippen LogP contribution in [0.2, 0.25) is 0 Å². The number of esters is 1. The van der Waals surface area contributed by atoms with Gasteiger partial charge in [-0.2, -0.15) is 8.78 Å². The van der Waals surface area contributed by atoms with Gasteiger partial charge in [-0.1, -0.05) is 30.0 Å². The molecule has 0 aliphatic rings. The molecular weight excluding hydrogens is 376 g/mol. The number of carbonyl (C=O) groups excluding carboxylic acids is 2. The Bertz CT molecular complexity index is 769. The monoisotopic (exact) mass is 395 g/mol. The number of amides is 1. The highest BCUT2D eigenvalue weighted by atomic mass is 32.2. The van der Waals surface area contributed by atoms with Gasteiger partial charge >= 0.3 is 5.97 Å². The van der Waals surface area contributed by atoms with Crippen LogP contribution in [0.5, 0.6) is 5.75 Å². The van der Waals surface area contributed by atoms with E-state index in [1.807, 2.05) is 18.2 Å². The Hall–Kier alpha value is -2.61. The van der Waals surface area contributed by atoms with Crippen molar-refractivity contribution >= 4 is 29.3 Å². The van der Waals surface area contributed by atoms with Gasteiger partial charge in [-0.3, -0.25) is 9.59 Å². The lowest BCUT2D eigenvalue weighted by molar-refractivity contribution is -0.147. The van der Waals surface area contributed by atoms with Crippen LogP contribution in [0.3, 0.4) is 0 Å². The molecule has 2 rings (SSSR count). The Morgan fingerprint density at radius 3 is 2.48 bits per heavy atom. The molecule has 2 aromatic rings. The molecule has 0 bridgehead atoms. The number of halogens is 2. The largest absolute Gasteiger partial charge is 0.496 e. The Morgan fingerprint density at radius 2 is 1.81 bits per heavy atom. The average molecular weight is 395 g/mol. The number of carbonyl (C=O) groups is 2. The Balaban J connectivity index is 1.74. The Kier molecular flexibility index (Phi) is 8.06. The van der Waals surface area contributed by atoms with E-state index in [4.69, 9.17) is 9.47 Å². The van der Waals surface area contributed by atoms with E-state index in [0.29, 0.717) is 34.5 Å². The number of ether oxygens (including phenoxy) is 2. The highest BCUT2D eigenvalue weighted by molar-refractivity contribution is 7.99. The number of anilines is 1. The summed E-state index contributed by atoms with van der Waals surface area (Å²) in [5.41, 5.74) is 1.31. The first-order valence-electron chi connectivity index (χ1n) is 8.10. The van der Waals surface area contributed by atoms with Gasteiger partial charge in [0.15, 0.2) is 6.61 Å². The first-order chi connectivity index (χ1) is 13.0. The molecule has 0 radical (unpaired) electrons. The molecule has 5 nitrogen and oxygen atoms in total. The number of nitrogens with one attached hydrogen (secondary N) is 1. The molecule has 2 aromatic carbocycles. The van der Waals surface area contributed by atoms with Gasteiger partial charge < -0.3 is 14.8 Å². The maximum atomic E-state index is 12.3. The Labute approximate surface area is 160 Å². The summed E-state index contributed by atoms with van der Waals surface area (Å²) >= 11 is 0.422. The van der Waals surface area contributed by atoms with Crippen LogP contribution < -0.4 is 10.1 Å². The van der Waals surface area contributed by atoms with Crippen molar-refractivity contribution in [1.82, 2.24) is 0 Å². The summed E-state index contributed by atoms with van der Waals surface area (Å²) in [6.45, 7) is -0.418. The van der Waals surface area contributed by atoms with Crippen molar-refractivity contribution in [2.75, 3.05) is 19.0 Å². The van der Waals surface area contributed by atoms with Crippen LogP contribution in [0.25, 0.3) is 0 Å². The number of methoxy groups -OCH3 is 1. The SMILES string of the molecule is COc1ccccc1CCC(=O)OCC(=O)Nc1ccc(SC(F)F)cc1. The smallest absolute Gasteiger partial charge is 0.306 e. The number of aryl methyl sites for hydroxylation is 1. The van der Waals surface area contributed by atoms with E-state index in [1.165, 1.54) is 24.3 Å². The van der Waals surface area contributed by atoms with Crippen molar-refractivity contribution < 1.29 is 27.8 Å². The van der Waals surface area contributed by atoms with Gasteiger partial charge in [0.1, 0.15) is 5.75 Å². The fourth-order valence-corrected chi connectivity index (χ4v) is 2.78. The topological polar surface area (TPSA) is 64.6 Å². The van der Waals surface area contributed by atoms with Gasteiger partial charge in [0.05, 0.1) is 7.11 Å². The second-order valence-electron chi connectivity index (χ2n) is 5.42. The Morgan fingerprint density at radius 1 is 1.11 bits per heavy atom. The maximum absolute atomic E-state index is 12.3. The fraction of sp³-hybridized carbons (Fsp3) is 0.263. The van der Waals surface area contributed by atoms with E-state index >= 15 is 0 Å². The number of thioether (sulfide) groups is 1. The molecule has 27 heavy (non-hydrogen) atoms. The van der Waals surface area contributed by atoms with E-state index in [-0.39, 0.29) is 6.42 Å². The zero-order chi connectivity index (χ0) is 19.6. The first-order valence-corrected chi connectivity index (χ1v) is 8.98. The minimum absolute atomic E-state index is 0.118. The molecule has 0 unspecified atom stereocenters. The molecule has 0 aliphatic carbocycles. The molecule has 1 N–H and O–H groups in total. The summed E-state index contributed by atoms with van der Waals surface area (Å²) in [5, 5.41) is 2.54. The minimum atomic E-state index is -2.50. The minimum Gasteiger partial charge on any atom is -0.496 e. The molecule has 0 heterocycles. The number of hydrogen-bond acceptors (Lipinski definition) is 5. The van der Waals surface area contributed by atoms with E-state index < -0.39 is 24.2 Å². The molecule has 0 fully saturated rings. The summed E-state index contributed by atoms with van der Waals surface area (Å²) in [5.74, 6) is -2.81. The van der Waals surface area contributed by atoms with Crippen molar-refractivity contribution in [3.8, 4) is 5.75 Å². The van der Waals surface area contributed by atoms with Crippen LogP contribution >= 0.6 is 11.8 Å². The van der Waals surface area contributed by atoms with E-state index in [2.05, 4.69) is 5.32 Å². The zero-order valence-corrected chi connectivity index (χ0v) is 15.4. The van der Waals surface area contributed by atoms with Crippen molar-refractivity contribution in [3.63, 3.8) is 0 Å². The van der Waals surface area contributed by atoms with Gasteiger partial charge in [-0.15, -0.1) is 0 Å². The third-order valence-electron chi connectivity index (χ3n) is 3.52. The maximum Gasteiger partial charge on any atom is 0.306 e. The molecule has 0 saturated heterocycles. The number of hydrogen-bond donors (Lipinski definition) is 1. The number of alkyl halides is 2. The van der Waals surface area contributed by atoms with Crippen molar-refractivity contribution in [3.05, 3.63) is 54.1 Å². The third kappa shape index (κ3) is 7.26. The van der Waals surface area contributed by atoms with Crippen molar-refractivity contribution in [1.29, 1.82) is 0 Å². The lowest BCUT2D eigenvalue weighted by Crippen LogP contribution is -2.21. The molecule has 144 valence electrons. The average Bonchev–Trinajstić information content (AvgIpc) is 2.66. The summed E-state index contributed by atoms with van der Waals surface area (Å²) < 4.78 is 34.7. The summed E-state index contributed by atoms with van der Waals surface area (Å²) in [7, 11) is 1.56. The summed E-state index contributed by atoms with van der Waals surface area (Å²) in [4.78, 5) is 24.0. The molecule has 0 atom stereocenters. The van der Waals surface area contributed by atoms with Crippen LogP contribution in [-0.4, -0.2) is 31.4 Å². The van der Waals surface area contributed by atoms with Crippen molar-refractivity contribution in [2.45, 2.75) is 23.5 Å². The molecule has 8 heteroatoms. The normalized spacial score (nSPS) is 10.5. The number of benzene rings is 2. The second-order valence-corrected chi connectivity index (χ2v) is 6.49. The van der Waals surface area contributed by atoms with Crippen LogP contribution in [0.4, 0.5) is 14.5 Å². The lowest BCUT2D eigenvalue weighted by Gasteiger charge is -2.09. The number of para-hydroxylation sites is 1. The third-order valence-corrected chi connectivity index (χ3v) is 4.24. The highest BCUT2D eigenvalue weighted by Crippen LogP contribution is 2.26. The van der Waals surface area contributed by atoms with Crippen LogP contribution in [0.15, 0.2) is 53.4 Å². The lowest BCUT2D eigenvalue weighted by atomic mass is 10.1. The molecule has 0 spiro atoms. The van der Waals surface area contributed by atoms with Crippen molar-refractivity contribution in [2.24, 2.45) is 0 Å². The standard InChI is InChI=1S/C19H19F2NO4S/c1-25-16-5-3-2-4-13(16)6-11-18(24)26-12-17(23)22-14-7-9-15(10-8-14)27-19(20)21/h2-5,7-10,19H,6,11-12H2,1H3,(H,22,23). The molecule has 0 aliphatic heterocycles. The fourth-order valence-electron chi connectivity index (χ4n) is 2.28. The van der Waals surface area contributed by atoms with Gasteiger partial charge in [0, 0.05) is 17.0 Å². The van der Waals surface area contributed by atoms with Gasteiger partial charge in [0.25, 0.3) is 11.7 Å². The van der Waals surface area contributed by atoms with Gasteiger partial charge in [0.2, 0.25) is 0 Å². The summed E-state index contributed by atoms with van der Waals surface area (Å²) in [6, 6.07) is 13.3. The summed E-state index contributed by atoms with van der Waals surface area (Å²) in [6.07, 6.45) is 0.556. The molecular formula is C19H19F2NO4S. The second kappa shape index (κ2) is 10.5. The zero-order valence-electron chi connectivity index (χ0n) is 14.6. The predicted molar refractivity (Wildman–Crippen MR) is 99.2 cm³/mol. The molecule has 1 amide bonds. The van der Waals surface area contributed by atoms with E-state index in [0.717, 1.165) is 5.56 Å². The van der Waals surface area contributed by atoms with Crippen LogP contribution in [0.1, 0.15) is 12.0 Å². The van der Waals surface area contributed by atoms with E-state index in [9.17, 15) is 18.4 Å². The number of rotatable bonds is 9. The predicted octanol–water partition coefficient (Wildman–Crippen LogP) is 4.12. The van der Waals surface area contributed by atoms with Crippen LogP contribution in [0, 0.1) is 0 Å². The van der Waals surface area contributed by atoms with Gasteiger partial charge in [-0.05, 0) is 42.3 Å². The molecule has 0 saturated carbocycles. The first kappa shape index (κ1) is 20.7. The highest BCUT2D eigenvalue weighted by Gasteiger charge is 2.11. The van der Waals surface area contributed by atoms with E-state index in [1.54, 1.807) is 13.2 Å². The van der Waals surface area contributed by atoms with Gasteiger partial charge in [-0.25, -0.2) is 0 Å². The van der Waals surface area contributed by atoms with Crippen LogP contribution in [-0.2, 0) is 20.7 Å². The quantitative estimate of drug-likeness (QED) is 0.511.